The molecule has 0 fully saturated rings. The molecule has 94 valence electrons. The monoisotopic (exact) mass is 237 g/mol. The second-order valence-electron chi connectivity index (χ2n) is 3.66. The molecule has 0 aliphatic heterocycles. The van der Waals surface area contributed by atoms with Crippen LogP contribution in [0.2, 0.25) is 0 Å². The molecule has 0 radical (unpaired) electrons. The summed E-state index contributed by atoms with van der Waals surface area (Å²) in [5, 5.41) is 9.04. The molecule has 1 unspecified atom stereocenters. The lowest BCUT2D eigenvalue weighted by molar-refractivity contribution is -0.149. The summed E-state index contributed by atoms with van der Waals surface area (Å²) < 4.78 is 5.22. The number of likely N-dealkylation sites (N-methyl/N-ethyl adjacent to an activating group) is 1. The molecular formula is C13H19NO3. The van der Waals surface area contributed by atoms with Gasteiger partial charge in [0.25, 0.3) is 0 Å². The number of carboxylic acid groups (broad SMARTS) is 1. The van der Waals surface area contributed by atoms with Crippen LogP contribution in [0.25, 0.3) is 0 Å². The molecule has 0 saturated carbocycles. The van der Waals surface area contributed by atoms with Crippen LogP contribution >= 0.6 is 0 Å². The van der Waals surface area contributed by atoms with Crippen molar-refractivity contribution in [3.8, 4) is 0 Å². The van der Waals surface area contributed by atoms with E-state index in [1.165, 1.54) is 0 Å². The quantitative estimate of drug-likeness (QED) is 0.788. The smallest absolute Gasteiger partial charge is 0.334 e. The number of carbonyl (C=O) groups is 1. The molecule has 1 aromatic carbocycles. The number of aliphatic carboxylic acids is 1. The fourth-order valence-electron chi connectivity index (χ4n) is 1.66. The van der Waals surface area contributed by atoms with Crippen molar-refractivity contribution in [3.05, 3.63) is 30.3 Å². The first-order valence-corrected chi connectivity index (χ1v) is 5.83. The molecule has 17 heavy (non-hydrogen) atoms. The zero-order chi connectivity index (χ0) is 12.7. The van der Waals surface area contributed by atoms with Crippen LogP contribution in [-0.4, -0.2) is 36.9 Å². The molecule has 0 aliphatic carbocycles. The van der Waals surface area contributed by atoms with Gasteiger partial charge in [0.2, 0.25) is 0 Å². The maximum atomic E-state index is 11.0. The number of benzene rings is 1. The van der Waals surface area contributed by atoms with Crippen molar-refractivity contribution in [1.82, 2.24) is 0 Å². The van der Waals surface area contributed by atoms with Crippen molar-refractivity contribution in [2.75, 3.05) is 24.6 Å². The Hall–Kier alpha value is -1.55. The standard InChI is InChI=1S/C13H19NO3/c1-3-14(11-8-6-5-7-9-11)10-12(13(15)16)17-4-2/h5-9,12H,3-4,10H2,1-2H3,(H,15,16). The Kier molecular flexibility index (Phi) is 5.49. The topological polar surface area (TPSA) is 49.8 Å². The van der Waals surface area contributed by atoms with Gasteiger partial charge < -0.3 is 14.7 Å². The van der Waals surface area contributed by atoms with Gasteiger partial charge in [-0.2, -0.15) is 0 Å². The highest BCUT2D eigenvalue weighted by Crippen LogP contribution is 2.13. The lowest BCUT2D eigenvalue weighted by Crippen LogP contribution is -2.38. The summed E-state index contributed by atoms with van der Waals surface area (Å²) >= 11 is 0. The minimum atomic E-state index is -0.916. The third kappa shape index (κ3) is 4.07. The average molecular weight is 237 g/mol. The van der Waals surface area contributed by atoms with Gasteiger partial charge in [-0.25, -0.2) is 4.79 Å². The number of hydrogen-bond acceptors (Lipinski definition) is 3. The van der Waals surface area contributed by atoms with E-state index in [4.69, 9.17) is 9.84 Å². The molecule has 0 bridgehead atoms. The summed E-state index contributed by atoms with van der Waals surface area (Å²) in [6.07, 6.45) is -0.778. The van der Waals surface area contributed by atoms with E-state index in [0.29, 0.717) is 13.2 Å². The molecular weight excluding hydrogens is 218 g/mol. The van der Waals surface area contributed by atoms with Gasteiger partial charge in [-0.3, -0.25) is 0 Å². The number of hydrogen-bond donors (Lipinski definition) is 1. The van der Waals surface area contributed by atoms with Gasteiger partial charge >= 0.3 is 5.97 Å². The molecule has 1 aromatic rings. The van der Waals surface area contributed by atoms with E-state index in [9.17, 15) is 4.79 Å². The van der Waals surface area contributed by atoms with Crippen LogP contribution in [-0.2, 0) is 9.53 Å². The minimum Gasteiger partial charge on any atom is -0.479 e. The molecule has 0 aliphatic rings. The minimum absolute atomic E-state index is 0.365. The Morgan fingerprint density at radius 2 is 2.00 bits per heavy atom. The molecule has 0 amide bonds. The third-order valence-electron chi connectivity index (χ3n) is 2.53. The lowest BCUT2D eigenvalue weighted by atomic mass is 10.2. The van der Waals surface area contributed by atoms with Crippen molar-refractivity contribution in [1.29, 1.82) is 0 Å². The number of rotatable bonds is 7. The van der Waals surface area contributed by atoms with Gasteiger partial charge in [0.1, 0.15) is 0 Å². The molecule has 1 atom stereocenters. The highest BCUT2D eigenvalue weighted by molar-refractivity contribution is 5.73. The predicted octanol–water partition coefficient (Wildman–Crippen LogP) is 2.00. The molecule has 0 spiro atoms. The van der Waals surface area contributed by atoms with Crippen molar-refractivity contribution in [2.24, 2.45) is 0 Å². The van der Waals surface area contributed by atoms with E-state index >= 15 is 0 Å². The Morgan fingerprint density at radius 1 is 1.35 bits per heavy atom. The largest absolute Gasteiger partial charge is 0.479 e. The highest BCUT2D eigenvalue weighted by atomic mass is 16.5. The van der Waals surface area contributed by atoms with Crippen molar-refractivity contribution < 1.29 is 14.6 Å². The Bertz CT molecular complexity index is 340. The summed E-state index contributed by atoms with van der Waals surface area (Å²) in [6, 6.07) is 9.75. The Morgan fingerprint density at radius 3 is 2.47 bits per heavy atom. The van der Waals surface area contributed by atoms with Gasteiger partial charge in [0.15, 0.2) is 6.10 Å². The second kappa shape index (κ2) is 6.91. The van der Waals surface area contributed by atoms with Gasteiger partial charge in [-0.1, -0.05) is 18.2 Å². The normalized spacial score (nSPS) is 12.1. The van der Waals surface area contributed by atoms with Crippen LogP contribution in [0.5, 0.6) is 0 Å². The van der Waals surface area contributed by atoms with E-state index in [1.807, 2.05) is 42.2 Å². The van der Waals surface area contributed by atoms with Gasteiger partial charge in [0.05, 0.1) is 6.54 Å². The predicted molar refractivity (Wildman–Crippen MR) is 67.4 cm³/mol. The summed E-state index contributed by atoms with van der Waals surface area (Å²) in [4.78, 5) is 13.0. The first kappa shape index (κ1) is 13.5. The number of anilines is 1. The maximum Gasteiger partial charge on any atom is 0.334 e. The number of para-hydroxylation sites is 1. The molecule has 4 heteroatoms. The second-order valence-corrected chi connectivity index (χ2v) is 3.66. The van der Waals surface area contributed by atoms with Crippen LogP contribution in [0.4, 0.5) is 5.69 Å². The first-order valence-electron chi connectivity index (χ1n) is 5.83. The number of carboxylic acids is 1. The van der Waals surface area contributed by atoms with Gasteiger partial charge in [0, 0.05) is 18.8 Å². The zero-order valence-corrected chi connectivity index (χ0v) is 10.3. The van der Waals surface area contributed by atoms with Gasteiger partial charge in [-0.15, -0.1) is 0 Å². The molecule has 1 rings (SSSR count). The van der Waals surface area contributed by atoms with E-state index < -0.39 is 12.1 Å². The number of ether oxygens (including phenoxy) is 1. The molecule has 1 N–H and O–H groups in total. The summed E-state index contributed by atoms with van der Waals surface area (Å²) in [6.45, 7) is 5.32. The Balaban J connectivity index is 2.71. The van der Waals surface area contributed by atoms with Crippen molar-refractivity contribution >= 4 is 11.7 Å². The van der Waals surface area contributed by atoms with Crippen molar-refractivity contribution in [3.63, 3.8) is 0 Å². The molecule has 0 saturated heterocycles. The van der Waals surface area contributed by atoms with Crippen LogP contribution < -0.4 is 4.90 Å². The van der Waals surface area contributed by atoms with E-state index in [0.717, 1.165) is 12.2 Å². The van der Waals surface area contributed by atoms with E-state index in [-0.39, 0.29) is 0 Å². The fourth-order valence-corrected chi connectivity index (χ4v) is 1.66. The summed E-state index contributed by atoms with van der Waals surface area (Å²) in [7, 11) is 0. The lowest BCUT2D eigenvalue weighted by Gasteiger charge is -2.26. The SMILES string of the molecule is CCOC(CN(CC)c1ccccc1)C(=O)O. The van der Waals surface area contributed by atoms with E-state index in [1.54, 1.807) is 6.92 Å². The summed E-state index contributed by atoms with van der Waals surface area (Å²) in [5.41, 5.74) is 1.01. The molecule has 0 heterocycles. The van der Waals surface area contributed by atoms with Crippen LogP contribution in [0.15, 0.2) is 30.3 Å². The number of nitrogens with zero attached hydrogens (tertiary/aromatic N) is 1. The van der Waals surface area contributed by atoms with Crippen LogP contribution in [0.3, 0.4) is 0 Å². The van der Waals surface area contributed by atoms with Crippen LogP contribution in [0, 0.1) is 0 Å². The summed E-state index contributed by atoms with van der Waals surface area (Å²) in [5.74, 6) is -0.916. The average Bonchev–Trinajstić information content (AvgIpc) is 2.35. The fraction of sp³-hybridized carbons (Fsp3) is 0.462. The molecule has 0 aromatic heterocycles. The Labute approximate surface area is 102 Å². The van der Waals surface area contributed by atoms with Crippen molar-refractivity contribution in [2.45, 2.75) is 20.0 Å². The zero-order valence-electron chi connectivity index (χ0n) is 10.3. The highest BCUT2D eigenvalue weighted by Gasteiger charge is 2.20. The van der Waals surface area contributed by atoms with E-state index in [2.05, 4.69) is 0 Å². The first-order chi connectivity index (χ1) is 8.19. The maximum absolute atomic E-state index is 11.0. The van der Waals surface area contributed by atoms with Gasteiger partial charge in [-0.05, 0) is 26.0 Å². The third-order valence-corrected chi connectivity index (χ3v) is 2.53. The van der Waals surface area contributed by atoms with Crippen LogP contribution in [0.1, 0.15) is 13.8 Å². The molecule has 4 nitrogen and oxygen atoms in total.